The lowest BCUT2D eigenvalue weighted by atomic mass is 9.99. The molecule has 2 fully saturated rings. The Labute approximate surface area is 560 Å². The zero-order valence-electron chi connectivity index (χ0n) is 55.7. The van der Waals surface area contributed by atoms with Gasteiger partial charge in [0, 0.05) is 118 Å². The number of aromatic nitrogens is 4. The number of fused-ring (bicyclic) bond motifs is 6. The van der Waals surface area contributed by atoms with E-state index in [2.05, 4.69) is 189 Å². The van der Waals surface area contributed by atoms with Crippen LogP contribution < -0.4 is 48.3 Å². The second-order valence-electron chi connectivity index (χ2n) is 25.0. The molecule has 3 amide bonds. The Morgan fingerprint density at radius 1 is 0.585 bits per heavy atom. The fraction of sp³-hybridized carbons (Fsp3) is 0.451. The molecule has 2 saturated heterocycles. The first kappa shape index (κ1) is 72.0. The number of piperazine rings is 2. The molecule has 4 aromatic carbocycles. The maximum Gasteiger partial charge on any atom is 0.431 e. The molecule has 8 aromatic rings. The Morgan fingerprint density at radius 2 is 1.06 bits per heavy atom. The Balaban J connectivity index is 0.000000198. The monoisotopic (exact) mass is 1350 g/mol. The fourth-order valence-electron chi connectivity index (χ4n) is 11.3. The molecule has 23 heteroatoms. The van der Waals surface area contributed by atoms with Crippen molar-refractivity contribution in [3.63, 3.8) is 0 Å². The Morgan fingerprint density at radius 3 is 1.54 bits per heavy atom. The van der Waals surface area contributed by atoms with E-state index in [1.165, 1.54) is 38.9 Å². The van der Waals surface area contributed by atoms with Gasteiger partial charge in [0.15, 0.2) is 18.2 Å². The molecule has 0 atom stereocenters. The van der Waals surface area contributed by atoms with Crippen LogP contribution in [0.4, 0.5) is 16.4 Å². The van der Waals surface area contributed by atoms with Gasteiger partial charge >= 0.3 is 6.09 Å². The maximum absolute atomic E-state index is 11.4. The van der Waals surface area contributed by atoms with Crippen LogP contribution in [-0.2, 0) is 49.7 Å². The van der Waals surface area contributed by atoms with Crippen molar-refractivity contribution >= 4 is 89.1 Å². The third-order valence-corrected chi connectivity index (χ3v) is 16.9. The molecule has 0 aliphatic carbocycles. The van der Waals surface area contributed by atoms with E-state index in [9.17, 15) is 14.4 Å². The summed E-state index contributed by atoms with van der Waals surface area (Å²) in [5, 5.41) is 14.0. The molecule has 0 unspecified atom stereocenters. The van der Waals surface area contributed by atoms with E-state index in [1.54, 1.807) is 20.8 Å². The van der Waals surface area contributed by atoms with E-state index in [-0.39, 0.29) is 25.0 Å². The number of rotatable bonds is 26. The predicted molar refractivity (Wildman–Crippen MR) is 377 cm³/mol. The summed E-state index contributed by atoms with van der Waals surface area (Å²) in [5.41, 5.74) is 27.1. The van der Waals surface area contributed by atoms with Crippen LogP contribution in [0.15, 0.2) is 97.3 Å². The minimum absolute atomic E-state index is 0.0960. The van der Waals surface area contributed by atoms with Crippen molar-refractivity contribution in [1.29, 1.82) is 0 Å². The van der Waals surface area contributed by atoms with Crippen molar-refractivity contribution in [2.75, 3.05) is 128 Å². The first-order valence-corrected chi connectivity index (χ1v) is 33.7. The van der Waals surface area contributed by atoms with Gasteiger partial charge in [0.25, 0.3) is 0 Å². The van der Waals surface area contributed by atoms with E-state index in [0.29, 0.717) is 31.3 Å². The molecular formula is C71H95BrN14O8. The lowest BCUT2D eigenvalue weighted by Crippen LogP contribution is -2.48. The number of alkyl halides is 1. The van der Waals surface area contributed by atoms with Gasteiger partial charge in [-0.3, -0.25) is 39.0 Å². The number of hydrogen-bond acceptors (Lipinski definition) is 19. The minimum Gasteiger partial charge on any atom is -0.492 e. The van der Waals surface area contributed by atoms with E-state index in [4.69, 9.17) is 31.6 Å². The molecule has 22 nitrogen and oxygen atoms in total. The molecule has 6 heterocycles. The molecule has 0 bridgehead atoms. The van der Waals surface area contributed by atoms with Gasteiger partial charge in [-0.1, -0.05) is 52.3 Å². The lowest BCUT2D eigenvalue weighted by Gasteiger charge is -2.34. The van der Waals surface area contributed by atoms with Crippen molar-refractivity contribution in [2.45, 2.75) is 92.6 Å². The molecule has 2 aliphatic rings. The number of nitrogens with one attached hydrogen (secondary N) is 4. The van der Waals surface area contributed by atoms with Crippen LogP contribution >= 0.6 is 15.9 Å². The number of aryl methyl sites for hydroxylation is 8. The average molecular weight is 1350 g/mol. The highest BCUT2D eigenvalue weighted by Crippen LogP contribution is 2.31. The van der Waals surface area contributed by atoms with Crippen LogP contribution in [0, 0.1) is 27.7 Å². The van der Waals surface area contributed by atoms with Gasteiger partial charge in [-0.05, 0) is 187 Å². The third kappa shape index (κ3) is 22.7. The van der Waals surface area contributed by atoms with E-state index in [1.807, 2.05) is 17.9 Å². The summed E-state index contributed by atoms with van der Waals surface area (Å²) in [5.74, 6) is 7.28. The van der Waals surface area contributed by atoms with E-state index >= 15 is 0 Å². The molecule has 0 saturated carbocycles. The number of nitrogen functional groups attached to an aromatic ring is 2. The van der Waals surface area contributed by atoms with Crippen molar-refractivity contribution in [1.82, 2.24) is 56.1 Å². The minimum atomic E-state index is -0.717. The summed E-state index contributed by atoms with van der Waals surface area (Å²) in [6.45, 7) is 27.2. The number of hydrogen-bond donors (Lipinski definition) is 7. The fourth-order valence-corrected chi connectivity index (χ4v) is 11.5. The molecule has 504 valence electrons. The number of hydroxylamine groups is 1. The van der Waals surface area contributed by atoms with Crippen LogP contribution in [-0.4, -0.2) is 175 Å². The number of halogens is 1. The van der Waals surface area contributed by atoms with Gasteiger partial charge in [-0.25, -0.2) is 20.7 Å². The summed E-state index contributed by atoms with van der Waals surface area (Å²) in [7, 11) is 0. The second kappa shape index (κ2) is 36.1. The van der Waals surface area contributed by atoms with E-state index in [0.717, 1.165) is 183 Å². The highest BCUT2D eigenvalue weighted by molar-refractivity contribution is 9.09. The standard InChI is InChI=1S/C33H43N7O3.C28H33N5O.C10H19BrN2O4/c1-23-4-9-28-29-20-25(21-37-32(29)33(34)38-30(28)18-23)5-6-26-7-8-27(19-24(26)2)42-17-16-40-14-12-39(13-15-40)11-3-10-36-31(41)22-43-35;1-19-3-8-24-25-17-21(18-31-27(25)28(29)32-26(24)15-19)4-5-22-6-7-23(16-20(22)2)34-14-13-33-11-9-30-10-12-33;1-10(2,3)17-9(15)13-16-7-8(14)12-6-4-5-11/h4,7-9,18-21H,3,5-6,10-17,22,35H2,1-2H3,(H2,34,38)(H,36,41);3,6-8,15-18,30H,4-5,9-14H2,1-2H3,(H2,29,32);4-7H2,1-3H3,(H,12,14)(H,13,15). The molecular weight excluding hydrogens is 1260 g/mol. The van der Waals surface area contributed by atoms with Gasteiger partial charge in [-0.15, -0.1) is 0 Å². The molecule has 10 N–H and O–H groups in total. The summed E-state index contributed by atoms with van der Waals surface area (Å²) < 4.78 is 17.1. The normalized spacial score (nSPS) is 13.8. The van der Waals surface area contributed by atoms with Gasteiger partial charge in [0.05, 0.1) is 11.0 Å². The molecule has 4 aromatic heterocycles. The molecule has 0 radical (unpaired) electrons. The largest absolute Gasteiger partial charge is 0.492 e. The number of ether oxygens (including phenoxy) is 3. The first-order valence-electron chi connectivity index (χ1n) is 32.5. The Hall–Kier alpha value is -7.87. The number of pyridine rings is 4. The number of nitrogens with two attached hydrogens (primary N) is 3. The predicted octanol–water partition coefficient (Wildman–Crippen LogP) is 8.56. The third-order valence-electron chi connectivity index (χ3n) is 16.3. The smallest absolute Gasteiger partial charge is 0.431 e. The maximum atomic E-state index is 11.4. The van der Waals surface area contributed by atoms with Gasteiger partial charge < -0.3 is 46.5 Å². The van der Waals surface area contributed by atoms with Crippen molar-refractivity contribution in [3.8, 4) is 11.5 Å². The van der Waals surface area contributed by atoms with Crippen molar-refractivity contribution in [2.24, 2.45) is 5.90 Å². The zero-order valence-corrected chi connectivity index (χ0v) is 57.3. The Kier molecular flexibility index (Phi) is 27.7. The van der Waals surface area contributed by atoms with Crippen LogP contribution in [0.1, 0.15) is 78.1 Å². The number of benzene rings is 4. The first-order chi connectivity index (χ1) is 45.3. The molecule has 2 aliphatic heterocycles. The van der Waals surface area contributed by atoms with E-state index < -0.39 is 11.7 Å². The number of amides is 3. The second-order valence-corrected chi connectivity index (χ2v) is 25.8. The summed E-state index contributed by atoms with van der Waals surface area (Å²) >= 11 is 3.24. The average Bonchev–Trinajstić information content (AvgIpc) is 0.781. The van der Waals surface area contributed by atoms with Gasteiger partial charge in [0.1, 0.15) is 48.0 Å². The summed E-state index contributed by atoms with van der Waals surface area (Å²) in [6, 6.07) is 29.9. The molecule has 10 rings (SSSR count). The van der Waals surface area contributed by atoms with Crippen LogP contribution in [0.3, 0.4) is 0 Å². The summed E-state index contributed by atoms with van der Waals surface area (Å²) in [6.07, 6.45) is 8.59. The number of carbonyl (C=O) groups excluding carboxylic acids is 3. The quantitative estimate of drug-likeness (QED) is 0.0116. The number of carbonyl (C=O) groups is 3. The highest BCUT2D eigenvalue weighted by Gasteiger charge is 2.19. The number of nitrogens with zero attached hydrogens (tertiary/aromatic N) is 7. The van der Waals surface area contributed by atoms with Gasteiger partial charge in [0.2, 0.25) is 11.8 Å². The highest BCUT2D eigenvalue weighted by atomic mass is 79.9. The summed E-state index contributed by atoms with van der Waals surface area (Å²) in [4.78, 5) is 68.4. The number of anilines is 2. The Bertz CT molecular complexity index is 3800. The lowest BCUT2D eigenvalue weighted by molar-refractivity contribution is -0.128. The van der Waals surface area contributed by atoms with Crippen LogP contribution in [0.2, 0.25) is 0 Å². The van der Waals surface area contributed by atoms with Gasteiger partial charge in [-0.2, -0.15) is 5.48 Å². The molecule has 0 spiro atoms. The van der Waals surface area contributed by atoms with Crippen molar-refractivity contribution in [3.05, 3.63) is 142 Å². The zero-order chi connectivity index (χ0) is 67.0. The van der Waals surface area contributed by atoms with Crippen LogP contribution in [0.5, 0.6) is 11.5 Å². The molecule has 94 heavy (non-hydrogen) atoms. The SMILES string of the molecule is CC(C)(C)OC(=O)NOCC(=O)NCCCBr.Cc1ccc2c(c1)nc(N)c1ncc(CCc3ccc(OCCN4CCN(CCCNC(=O)CON)CC4)cc3C)cc12.Cc1ccc2c(c1)nc(N)c1ncc(CCc3ccc(OCCN4CCNCC4)cc3C)cc12. The van der Waals surface area contributed by atoms with Crippen molar-refractivity contribution < 1.29 is 38.3 Å². The van der Waals surface area contributed by atoms with Crippen LogP contribution in [0.25, 0.3) is 43.6 Å². The topological polar surface area (TPSA) is 285 Å².